The summed E-state index contributed by atoms with van der Waals surface area (Å²) in [7, 11) is 1.24. The fraction of sp³-hybridized carbons (Fsp3) is 0.476. The first kappa shape index (κ1) is 22.7. The Kier molecular flexibility index (Phi) is 5.52. The van der Waals surface area contributed by atoms with E-state index >= 15 is 0 Å². The molecule has 0 radical (unpaired) electrons. The predicted octanol–water partition coefficient (Wildman–Crippen LogP) is 5.71. The highest BCUT2D eigenvalue weighted by Gasteiger charge is 2.52. The Morgan fingerprint density at radius 2 is 1.50 bits per heavy atom. The number of piperidine rings is 1. The molecule has 2 bridgehead atoms. The number of hydroxylamine groups is 2. The summed E-state index contributed by atoms with van der Waals surface area (Å²) in [6.45, 7) is 0. The lowest BCUT2D eigenvalue weighted by Gasteiger charge is -2.51. The first-order chi connectivity index (χ1) is 14.9. The van der Waals surface area contributed by atoms with Crippen molar-refractivity contribution in [2.75, 3.05) is 7.11 Å². The zero-order chi connectivity index (χ0) is 23.3. The molecule has 2 saturated heterocycles. The minimum atomic E-state index is -4.54. The zero-order valence-corrected chi connectivity index (χ0v) is 16.9. The van der Waals surface area contributed by atoms with E-state index in [2.05, 4.69) is 4.98 Å². The van der Waals surface area contributed by atoms with Gasteiger partial charge in [-0.05, 0) is 24.3 Å². The number of hydrogen-bond acceptors (Lipinski definition) is 4. The molecule has 32 heavy (non-hydrogen) atoms. The van der Waals surface area contributed by atoms with Crippen molar-refractivity contribution in [3.63, 3.8) is 0 Å². The second-order valence-corrected chi connectivity index (χ2v) is 8.07. The predicted molar refractivity (Wildman–Crippen MR) is 103 cm³/mol. The molecule has 2 aromatic rings. The summed E-state index contributed by atoms with van der Waals surface area (Å²) in [5.41, 5.74) is -1.79. The topological polar surface area (TPSA) is 54.4 Å². The molecule has 5 nitrogen and oxygen atoms in total. The maximum atomic E-state index is 13.7. The van der Waals surface area contributed by atoms with Gasteiger partial charge in [-0.3, -0.25) is 0 Å². The maximum Gasteiger partial charge on any atom is 0.417 e. The van der Waals surface area contributed by atoms with Gasteiger partial charge >= 0.3 is 12.4 Å². The molecule has 2 fully saturated rings. The summed E-state index contributed by atoms with van der Waals surface area (Å²) in [6.07, 6.45) is -7.12. The van der Waals surface area contributed by atoms with E-state index in [-0.39, 0.29) is 17.3 Å². The van der Waals surface area contributed by atoms with Crippen LogP contribution in [0, 0.1) is 5.21 Å². The number of ether oxygens (including phenoxy) is 2. The van der Waals surface area contributed by atoms with Crippen LogP contribution in [-0.2, 0) is 12.4 Å². The molecule has 11 heteroatoms. The van der Waals surface area contributed by atoms with Crippen LogP contribution in [-0.4, -0.2) is 30.3 Å². The highest BCUT2D eigenvalue weighted by molar-refractivity contribution is 5.45. The van der Waals surface area contributed by atoms with Gasteiger partial charge in [-0.2, -0.15) is 26.3 Å². The monoisotopic (exact) mass is 462 g/mol. The van der Waals surface area contributed by atoms with Crippen molar-refractivity contribution < 1.29 is 35.8 Å². The summed E-state index contributed by atoms with van der Waals surface area (Å²) >= 11 is 0. The average Bonchev–Trinajstić information content (AvgIpc) is 2.89. The van der Waals surface area contributed by atoms with Crippen LogP contribution >= 0.6 is 0 Å². The van der Waals surface area contributed by atoms with Crippen LogP contribution in [0.15, 0.2) is 36.5 Å². The van der Waals surface area contributed by atoms with Crippen molar-refractivity contribution >= 4 is 5.82 Å². The van der Waals surface area contributed by atoms with E-state index < -0.39 is 46.3 Å². The minimum Gasteiger partial charge on any atom is -0.626 e. The Morgan fingerprint density at radius 1 is 0.906 bits per heavy atom. The summed E-state index contributed by atoms with van der Waals surface area (Å²) in [4.78, 5) is 3.82. The van der Waals surface area contributed by atoms with E-state index in [1.165, 1.54) is 13.2 Å². The number of hydrogen-bond donors (Lipinski definition) is 0. The van der Waals surface area contributed by atoms with E-state index in [4.69, 9.17) is 9.47 Å². The normalized spacial score (nSPS) is 27.9. The number of fused-ring (bicyclic) bond motifs is 2. The van der Waals surface area contributed by atoms with Crippen molar-refractivity contribution in [2.24, 2.45) is 0 Å². The van der Waals surface area contributed by atoms with Crippen molar-refractivity contribution in [1.82, 2.24) is 9.63 Å². The van der Waals surface area contributed by atoms with E-state index in [0.29, 0.717) is 31.9 Å². The quantitative estimate of drug-likeness (QED) is 0.332. The molecule has 4 atom stereocenters. The van der Waals surface area contributed by atoms with Gasteiger partial charge in [0.2, 0.25) is 5.82 Å². The highest BCUT2D eigenvalue weighted by atomic mass is 19.4. The standard InChI is InChI=1S/C21H20F6N2O3/c1-31-18-8-12(20(22,23)24)2-6-17(18)32-16-9-14-4-5-15(10-16)29(14,30)19-7-3-13(11-28-19)21(25,26)27/h2-3,6-8,11,14-16H,4-5,9-10H2,1H3/t14-,15+,16?,29?. The van der Waals surface area contributed by atoms with Gasteiger partial charge in [-0.1, -0.05) is 0 Å². The lowest BCUT2D eigenvalue weighted by molar-refractivity contribution is -0.138. The van der Waals surface area contributed by atoms with Crippen LogP contribution < -0.4 is 14.1 Å². The van der Waals surface area contributed by atoms with E-state index in [9.17, 15) is 31.5 Å². The molecule has 2 unspecified atom stereocenters. The highest BCUT2D eigenvalue weighted by Crippen LogP contribution is 2.47. The average molecular weight is 462 g/mol. The number of benzene rings is 1. The second-order valence-electron chi connectivity index (χ2n) is 8.07. The van der Waals surface area contributed by atoms with Crippen molar-refractivity contribution in [3.05, 3.63) is 52.9 Å². The van der Waals surface area contributed by atoms with Crippen LogP contribution in [0.3, 0.4) is 0 Å². The largest absolute Gasteiger partial charge is 0.626 e. The van der Waals surface area contributed by atoms with Crippen molar-refractivity contribution in [3.8, 4) is 11.5 Å². The van der Waals surface area contributed by atoms with E-state index in [0.717, 1.165) is 24.3 Å². The molecule has 0 saturated carbocycles. The molecule has 0 aliphatic carbocycles. The molecule has 1 aromatic heterocycles. The van der Waals surface area contributed by atoms with Gasteiger partial charge in [-0.25, -0.2) is 4.98 Å². The van der Waals surface area contributed by atoms with Crippen molar-refractivity contribution in [1.29, 1.82) is 0 Å². The molecule has 2 aliphatic heterocycles. The van der Waals surface area contributed by atoms with E-state index in [1.54, 1.807) is 0 Å². The first-order valence-corrected chi connectivity index (χ1v) is 9.98. The van der Waals surface area contributed by atoms with Gasteiger partial charge in [0.1, 0.15) is 6.10 Å². The van der Waals surface area contributed by atoms with Crippen LogP contribution in [0.25, 0.3) is 0 Å². The molecule has 174 valence electrons. The third kappa shape index (κ3) is 3.99. The SMILES string of the molecule is COc1cc(C(F)(F)F)ccc1OC1C[C@H]2CC[C@@H](C1)[N+]2([O-])c1ccc(C(F)(F)F)cn1. The van der Waals surface area contributed by atoms with E-state index in [1.807, 2.05) is 0 Å². The molecule has 4 rings (SSSR count). The number of pyridine rings is 1. The Hall–Kier alpha value is -2.53. The van der Waals surface area contributed by atoms with Gasteiger partial charge in [-0.15, -0.1) is 0 Å². The molecule has 1 aromatic carbocycles. The van der Waals surface area contributed by atoms with Gasteiger partial charge in [0.15, 0.2) is 11.5 Å². The van der Waals surface area contributed by atoms with Gasteiger partial charge in [0, 0.05) is 37.9 Å². The molecule has 0 N–H and O–H groups in total. The number of nitrogens with zero attached hydrogens (tertiary/aromatic N) is 2. The van der Waals surface area contributed by atoms with Gasteiger partial charge in [0.05, 0.1) is 30.3 Å². The zero-order valence-electron chi connectivity index (χ0n) is 16.9. The minimum absolute atomic E-state index is 0.0241. The summed E-state index contributed by atoms with van der Waals surface area (Å²) in [5.74, 6) is 0.101. The van der Waals surface area contributed by atoms with Gasteiger partial charge in [0.25, 0.3) is 0 Å². The smallest absolute Gasteiger partial charge is 0.417 e. The van der Waals surface area contributed by atoms with Crippen LogP contribution in [0.5, 0.6) is 11.5 Å². The number of alkyl halides is 6. The van der Waals surface area contributed by atoms with Crippen LogP contribution in [0.4, 0.5) is 32.2 Å². The Bertz CT molecular complexity index is 963. The third-order valence-electron chi connectivity index (χ3n) is 6.21. The Labute approximate surface area is 179 Å². The maximum absolute atomic E-state index is 13.7. The summed E-state index contributed by atoms with van der Waals surface area (Å²) in [6, 6.07) is 3.99. The molecular formula is C21H20F6N2O3. The number of aromatic nitrogens is 1. The summed E-state index contributed by atoms with van der Waals surface area (Å²) in [5, 5.41) is 13.7. The molecule has 0 spiro atoms. The molecule has 2 aliphatic rings. The first-order valence-electron chi connectivity index (χ1n) is 9.98. The Morgan fingerprint density at radius 3 is 2.00 bits per heavy atom. The Balaban J connectivity index is 1.52. The fourth-order valence-corrected chi connectivity index (χ4v) is 4.67. The number of rotatable bonds is 4. The lowest BCUT2D eigenvalue weighted by atomic mass is 9.98. The van der Waals surface area contributed by atoms with Crippen LogP contribution in [0.1, 0.15) is 36.8 Å². The third-order valence-corrected chi connectivity index (χ3v) is 6.21. The number of methoxy groups -OCH3 is 1. The second kappa shape index (κ2) is 7.80. The molecular weight excluding hydrogens is 442 g/mol. The number of halogens is 6. The van der Waals surface area contributed by atoms with Crippen molar-refractivity contribution in [2.45, 2.75) is 56.2 Å². The lowest BCUT2D eigenvalue weighted by Crippen LogP contribution is -2.59. The molecule has 3 heterocycles. The fourth-order valence-electron chi connectivity index (χ4n) is 4.67. The van der Waals surface area contributed by atoms with Crippen LogP contribution in [0.2, 0.25) is 0 Å². The summed E-state index contributed by atoms with van der Waals surface area (Å²) < 4.78 is 87.4. The number of quaternary nitrogens is 1. The molecule has 0 amide bonds. The van der Waals surface area contributed by atoms with Gasteiger partial charge < -0.3 is 19.3 Å².